The lowest BCUT2D eigenvalue weighted by Gasteiger charge is -2.00. The van der Waals surface area contributed by atoms with Crippen LogP contribution in [0.3, 0.4) is 0 Å². The van der Waals surface area contributed by atoms with Crippen LogP contribution >= 0.6 is 0 Å². The van der Waals surface area contributed by atoms with E-state index in [1.165, 1.54) is 6.07 Å². The summed E-state index contributed by atoms with van der Waals surface area (Å²) in [4.78, 5) is 0. The molecule has 0 unspecified atom stereocenters. The fraction of sp³-hybridized carbons (Fsp3) is 0.182. The average Bonchev–Trinajstić information content (AvgIpc) is 2.51. The van der Waals surface area contributed by atoms with Gasteiger partial charge in [-0.2, -0.15) is 5.26 Å². The van der Waals surface area contributed by atoms with Crippen LogP contribution in [0.1, 0.15) is 11.3 Å². The summed E-state index contributed by atoms with van der Waals surface area (Å²) >= 11 is 0. The number of hydrogen-bond acceptors (Lipinski definition) is 1. The van der Waals surface area contributed by atoms with Crippen molar-refractivity contribution in [1.82, 2.24) is 4.57 Å². The molecule has 0 saturated heterocycles. The molecule has 3 heteroatoms. The standard InChI is InChI=1S/C11H9FN2/c1-7-3-4-10(12)11-9(7)5-8(6-13)14(11)2/h3-5H,1-2H3. The zero-order valence-corrected chi connectivity index (χ0v) is 8.00. The number of benzene rings is 1. The maximum atomic E-state index is 13.4. The first kappa shape index (κ1) is 8.76. The largest absolute Gasteiger partial charge is 0.333 e. The van der Waals surface area contributed by atoms with E-state index in [1.807, 2.05) is 13.0 Å². The Morgan fingerprint density at radius 2 is 2.14 bits per heavy atom. The second-order valence-corrected chi connectivity index (χ2v) is 3.33. The molecule has 1 aromatic carbocycles. The van der Waals surface area contributed by atoms with Gasteiger partial charge in [0, 0.05) is 12.4 Å². The van der Waals surface area contributed by atoms with Gasteiger partial charge in [0.05, 0.1) is 5.52 Å². The topological polar surface area (TPSA) is 28.7 Å². The molecule has 1 aromatic heterocycles. The molecule has 1 heterocycles. The van der Waals surface area contributed by atoms with Gasteiger partial charge in [0.15, 0.2) is 0 Å². The van der Waals surface area contributed by atoms with E-state index in [-0.39, 0.29) is 5.82 Å². The number of nitrogens with zero attached hydrogens (tertiary/aromatic N) is 2. The number of halogens is 1. The summed E-state index contributed by atoms with van der Waals surface area (Å²) < 4.78 is 15.0. The summed E-state index contributed by atoms with van der Waals surface area (Å²) in [5.41, 5.74) is 1.97. The second-order valence-electron chi connectivity index (χ2n) is 3.33. The summed E-state index contributed by atoms with van der Waals surface area (Å²) in [6.45, 7) is 1.91. The first-order valence-electron chi connectivity index (χ1n) is 4.30. The summed E-state index contributed by atoms with van der Waals surface area (Å²) in [5, 5.41) is 9.62. The minimum atomic E-state index is -0.283. The number of aryl methyl sites for hydroxylation is 2. The molecule has 0 aliphatic carbocycles. The first-order valence-corrected chi connectivity index (χ1v) is 4.30. The van der Waals surface area contributed by atoms with E-state index in [2.05, 4.69) is 0 Å². The smallest absolute Gasteiger partial charge is 0.147 e. The van der Waals surface area contributed by atoms with Crippen molar-refractivity contribution in [3.05, 3.63) is 35.3 Å². The Hall–Kier alpha value is -1.82. The Morgan fingerprint density at radius 3 is 2.71 bits per heavy atom. The molecule has 0 fully saturated rings. The molecule has 2 nitrogen and oxygen atoms in total. The van der Waals surface area contributed by atoms with Gasteiger partial charge in [-0.15, -0.1) is 0 Å². The van der Waals surface area contributed by atoms with Crippen molar-refractivity contribution in [1.29, 1.82) is 5.26 Å². The van der Waals surface area contributed by atoms with Crippen molar-refractivity contribution >= 4 is 10.9 Å². The predicted molar refractivity (Wildman–Crippen MR) is 52.3 cm³/mol. The van der Waals surface area contributed by atoms with Crippen LogP contribution in [0.2, 0.25) is 0 Å². The fourth-order valence-electron chi connectivity index (χ4n) is 1.67. The van der Waals surface area contributed by atoms with Crippen LogP contribution in [0.4, 0.5) is 4.39 Å². The minimum absolute atomic E-state index is 0.283. The van der Waals surface area contributed by atoms with E-state index in [9.17, 15) is 4.39 Å². The van der Waals surface area contributed by atoms with Gasteiger partial charge in [-0.05, 0) is 24.6 Å². The van der Waals surface area contributed by atoms with Gasteiger partial charge in [0.25, 0.3) is 0 Å². The van der Waals surface area contributed by atoms with Crippen LogP contribution in [0.25, 0.3) is 10.9 Å². The van der Waals surface area contributed by atoms with Crippen LogP contribution < -0.4 is 0 Å². The molecule has 0 radical (unpaired) electrons. The summed E-state index contributed by atoms with van der Waals surface area (Å²) in [5.74, 6) is -0.283. The highest BCUT2D eigenvalue weighted by Gasteiger charge is 2.10. The Balaban J connectivity index is 2.99. The molecule has 0 N–H and O–H groups in total. The molecule has 2 aromatic rings. The number of rotatable bonds is 0. The van der Waals surface area contributed by atoms with Gasteiger partial charge < -0.3 is 4.57 Å². The minimum Gasteiger partial charge on any atom is -0.333 e. The van der Waals surface area contributed by atoms with E-state index in [0.717, 1.165) is 10.9 Å². The van der Waals surface area contributed by atoms with Gasteiger partial charge in [-0.3, -0.25) is 0 Å². The Morgan fingerprint density at radius 1 is 1.43 bits per heavy atom. The number of nitriles is 1. The highest BCUT2D eigenvalue weighted by atomic mass is 19.1. The SMILES string of the molecule is Cc1ccc(F)c2c1cc(C#N)n2C. The summed E-state index contributed by atoms with van der Waals surface area (Å²) in [6, 6.07) is 6.90. The van der Waals surface area contributed by atoms with E-state index in [4.69, 9.17) is 5.26 Å². The lowest BCUT2D eigenvalue weighted by atomic mass is 10.1. The zero-order chi connectivity index (χ0) is 10.3. The highest BCUT2D eigenvalue weighted by Crippen LogP contribution is 2.24. The third kappa shape index (κ3) is 1.01. The lowest BCUT2D eigenvalue weighted by Crippen LogP contribution is -1.93. The lowest BCUT2D eigenvalue weighted by molar-refractivity contribution is 0.631. The Kier molecular flexibility index (Phi) is 1.78. The molecule has 14 heavy (non-hydrogen) atoms. The molecule has 2 rings (SSSR count). The van der Waals surface area contributed by atoms with Crippen LogP contribution in [-0.2, 0) is 7.05 Å². The number of hydrogen-bond donors (Lipinski definition) is 0. The highest BCUT2D eigenvalue weighted by molar-refractivity contribution is 5.85. The molecule has 70 valence electrons. The van der Waals surface area contributed by atoms with Crippen molar-refractivity contribution in [3.8, 4) is 6.07 Å². The molecule has 0 bridgehead atoms. The van der Waals surface area contributed by atoms with E-state index in [1.54, 1.807) is 23.7 Å². The molecule has 0 spiro atoms. The number of fused-ring (bicyclic) bond motifs is 1. The maximum Gasteiger partial charge on any atom is 0.147 e. The first-order chi connectivity index (χ1) is 6.65. The van der Waals surface area contributed by atoms with E-state index in [0.29, 0.717) is 11.2 Å². The van der Waals surface area contributed by atoms with Gasteiger partial charge in [-0.25, -0.2) is 4.39 Å². The molecule has 0 aliphatic rings. The quantitative estimate of drug-likeness (QED) is 0.624. The van der Waals surface area contributed by atoms with Gasteiger partial charge in [-0.1, -0.05) is 6.07 Å². The Bertz CT molecular complexity index is 546. The average molecular weight is 188 g/mol. The van der Waals surface area contributed by atoms with Crippen molar-refractivity contribution in [2.75, 3.05) is 0 Å². The van der Waals surface area contributed by atoms with Gasteiger partial charge in [0.2, 0.25) is 0 Å². The zero-order valence-electron chi connectivity index (χ0n) is 8.00. The molecule has 0 amide bonds. The normalized spacial score (nSPS) is 10.4. The van der Waals surface area contributed by atoms with Crippen LogP contribution in [0.15, 0.2) is 18.2 Å². The molecule has 0 saturated carbocycles. The van der Waals surface area contributed by atoms with Crippen molar-refractivity contribution in [2.24, 2.45) is 7.05 Å². The number of aromatic nitrogens is 1. The summed E-state index contributed by atoms with van der Waals surface area (Å²) in [7, 11) is 1.70. The second kappa shape index (κ2) is 2.85. The van der Waals surface area contributed by atoms with Crippen LogP contribution in [0.5, 0.6) is 0 Å². The van der Waals surface area contributed by atoms with Crippen molar-refractivity contribution in [3.63, 3.8) is 0 Å². The monoisotopic (exact) mass is 188 g/mol. The third-order valence-electron chi connectivity index (χ3n) is 2.48. The molecule has 0 aliphatic heterocycles. The van der Waals surface area contributed by atoms with Crippen molar-refractivity contribution in [2.45, 2.75) is 6.92 Å². The fourth-order valence-corrected chi connectivity index (χ4v) is 1.67. The van der Waals surface area contributed by atoms with Crippen molar-refractivity contribution < 1.29 is 4.39 Å². The molecular formula is C11H9FN2. The maximum absolute atomic E-state index is 13.4. The molecular weight excluding hydrogens is 179 g/mol. The van der Waals surface area contributed by atoms with Gasteiger partial charge >= 0.3 is 0 Å². The van der Waals surface area contributed by atoms with Gasteiger partial charge in [0.1, 0.15) is 17.6 Å². The van der Waals surface area contributed by atoms with E-state index < -0.39 is 0 Å². The third-order valence-corrected chi connectivity index (χ3v) is 2.48. The molecule has 0 atom stereocenters. The van der Waals surface area contributed by atoms with Crippen LogP contribution in [-0.4, -0.2) is 4.57 Å². The van der Waals surface area contributed by atoms with E-state index >= 15 is 0 Å². The summed E-state index contributed by atoms with van der Waals surface area (Å²) in [6.07, 6.45) is 0. The van der Waals surface area contributed by atoms with Crippen LogP contribution in [0, 0.1) is 24.1 Å². The Labute approximate surface area is 81.2 Å². The predicted octanol–water partition coefficient (Wildman–Crippen LogP) is 2.50.